The first-order chi connectivity index (χ1) is 7.15. The summed E-state index contributed by atoms with van der Waals surface area (Å²) >= 11 is 0. The number of rotatable bonds is 1. The van der Waals surface area contributed by atoms with Gasteiger partial charge in [-0.25, -0.2) is 0 Å². The quantitative estimate of drug-likeness (QED) is 0.619. The fourth-order valence-corrected chi connectivity index (χ4v) is 4.70. The molecule has 84 valence electrons. The maximum Gasteiger partial charge on any atom is 0.302 e. The van der Waals surface area contributed by atoms with E-state index in [4.69, 9.17) is 4.74 Å². The summed E-state index contributed by atoms with van der Waals surface area (Å²) in [6.07, 6.45) is 5.43. The molecule has 0 amide bonds. The lowest BCUT2D eigenvalue weighted by molar-refractivity contribution is -0.146. The largest absolute Gasteiger partial charge is 0.463 e. The Labute approximate surface area is 91.4 Å². The first-order valence-electron chi connectivity index (χ1n) is 6.32. The smallest absolute Gasteiger partial charge is 0.302 e. The molecule has 0 heterocycles. The van der Waals surface area contributed by atoms with Gasteiger partial charge in [0.25, 0.3) is 0 Å². The van der Waals surface area contributed by atoms with E-state index in [-0.39, 0.29) is 12.1 Å². The standard InChI is InChI=1S/C13H20O2/c1-7-3-9-4-11(7)13-6-10(5-12(9)13)15-8(2)14/h7,9-13H,3-6H2,1-2H3. The molecule has 3 saturated carbocycles. The fourth-order valence-electron chi connectivity index (χ4n) is 4.70. The third-order valence-corrected chi connectivity index (χ3v) is 5.09. The first kappa shape index (κ1) is 9.68. The Morgan fingerprint density at radius 1 is 1.07 bits per heavy atom. The molecule has 2 heteroatoms. The van der Waals surface area contributed by atoms with E-state index < -0.39 is 0 Å². The van der Waals surface area contributed by atoms with Crippen molar-refractivity contribution >= 4 is 5.97 Å². The molecule has 3 rings (SSSR count). The average Bonchev–Trinajstić information content (AvgIpc) is 2.72. The topological polar surface area (TPSA) is 26.3 Å². The molecular weight excluding hydrogens is 188 g/mol. The van der Waals surface area contributed by atoms with Crippen LogP contribution in [0.15, 0.2) is 0 Å². The Balaban J connectivity index is 1.69. The summed E-state index contributed by atoms with van der Waals surface area (Å²) in [4.78, 5) is 10.9. The second-order valence-corrected chi connectivity index (χ2v) is 5.90. The van der Waals surface area contributed by atoms with Crippen LogP contribution in [0.1, 0.15) is 39.5 Å². The summed E-state index contributed by atoms with van der Waals surface area (Å²) in [7, 11) is 0. The lowest BCUT2D eigenvalue weighted by Crippen LogP contribution is -2.22. The lowest BCUT2D eigenvalue weighted by Gasteiger charge is -2.28. The number of ether oxygens (including phenoxy) is 1. The number of carbonyl (C=O) groups excluding carboxylic acids is 1. The van der Waals surface area contributed by atoms with E-state index in [2.05, 4.69) is 6.92 Å². The molecule has 0 aromatic heterocycles. The summed E-state index contributed by atoms with van der Waals surface area (Å²) in [5, 5.41) is 0. The molecule has 0 aliphatic heterocycles. The summed E-state index contributed by atoms with van der Waals surface area (Å²) in [6.45, 7) is 3.94. The van der Waals surface area contributed by atoms with Crippen molar-refractivity contribution in [1.29, 1.82) is 0 Å². The van der Waals surface area contributed by atoms with Gasteiger partial charge >= 0.3 is 5.97 Å². The van der Waals surface area contributed by atoms with Crippen LogP contribution in [0.3, 0.4) is 0 Å². The highest BCUT2D eigenvalue weighted by atomic mass is 16.5. The van der Waals surface area contributed by atoms with E-state index in [9.17, 15) is 4.79 Å². The van der Waals surface area contributed by atoms with Gasteiger partial charge < -0.3 is 4.74 Å². The number of carbonyl (C=O) groups is 1. The van der Waals surface area contributed by atoms with Crippen LogP contribution in [0.4, 0.5) is 0 Å². The summed E-state index contributed by atoms with van der Waals surface area (Å²) in [5.41, 5.74) is 0. The molecule has 3 aliphatic carbocycles. The molecule has 3 fully saturated rings. The molecule has 0 N–H and O–H groups in total. The molecule has 0 radical (unpaired) electrons. The molecule has 0 aromatic rings. The number of esters is 1. The summed E-state index contributed by atoms with van der Waals surface area (Å²) in [6, 6.07) is 0. The highest BCUT2D eigenvalue weighted by molar-refractivity contribution is 5.66. The fraction of sp³-hybridized carbons (Fsp3) is 0.923. The zero-order valence-corrected chi connectivity index (χ0v) is 9.61. The minimum atomic E-state index is -0.0969. The molecule has 0 spiro atoms. The maximum absolute atomic E-state index is 10.9. The van der Waals surface area contributed by atoms with E-state index in [0.29, 0.717) is 0 Å². The highest BCUT2D eigenvalue weighted by Gasteiger charge is 2.55. The van der Waals surface area contributed by atoms with Crippen LogP contribution in [0.5, 0.6) is 0 Å². The zero-order valence-electron chi connectivity index (χ0n) is 9.61. The van der Waals surface area contributed by atoms with E-state index in [1.54, 1.807) is 0 Å². The highest BCUT2D eigenvalue weighted by Crippen LogP contribution is 2.61. The van der Waals surface area contributed by atoms with Gasteiger partial charge in [0.2, 0.25) is 0 Å². The van der Waals surface area contributed by atoms with Crippen LogP contribution in [0.25, 0.3) is 0 Å². The van der Waals surface area contributed by atoms with Crippen LogP contribution in [-0.2, 0) is 9.53 Å². The van der Waals surface area contributed by atoms with Crippen molar-refractivity contribution in [2.45, 2.75) is 45.6 Å². The Kier molecular flexibility index (Phi) is 2.08. The molecule has 6 atom stereocenters. The van der Waals surface area contributed by atoms with E-state index in [1.165, 1.54) is 19.8 Å². The van der Waals surface area contributed by atoms with Gasteiger partial charge in [-0.3, -0.25) is 4.79 Å². The molecule has 15 heavy (non-hydrogen) atoms. The van der Waals surface area contributed by atoms with Crippen LogP contribution in [-0.4, -0.2) is 12.1 Å². The predicted octanol–water partition coefficient (Wildman–Crippen LogP) is 2.62. The SMILES string of the molecule is CC(=O)OC1CC2C3CC(C)C(C3)C2C1. The van der Waals surface area contributed by atoms with Crippen molar-refractivity contribution in [3.8, 4) is 0 Å². The zero-order chi connectivity index (χ0) is 10.6. The van der Waals surface area contributed by atoms with Gasteiger partial charge in [-0.1, -0.05) is 6.92 Å². The molecular formula is C13H20O2. The van der Waals surface area contributed by atoms with Crippen LogP contribution in [0.2, 0.25) is 0 Å². The van der Waals surface area contributed by atoms with Crippen molar-refractivity contribution in [1.82, 2.24) is 0 Å². The van der Waals surface area contributed by atoms with Gasteiger partial charge in [0.15, 0.2) is 0 Å². The van der Waals surface area contributed by atoms with Gasteiger partial charge in [-0.2, -0.15) is 0 Å². The minimum absolute atomic E-state index is 0.0969. The summed E-state index contributed by atoms with van der Waals surface area (Å²) < 4.78 is 5.37. The van der Waals surface area contributed by atoms with Gasteiger partial charge in [0, 0.05) is 6.92 Å². The van der Waals surface area contributed by atoms with E-state index in [0.717, 1.165) is 42.4 Å². The Bertz CT molecular complexity index is 286. The second-order valence-electron chi connectivity index (χ2n) is 5.90. The normalized spacial score (nSPS) is 51.9. The van der Waals surface area contributed by atoms with Gasteiger partial charge in [0.05, 0.1) is 0 Å². The summed E-state index contributed by atoms with van der Waals surface area (Å²) in [5.74, 6) is 4.49. The van der Waals surface area contributed by atoms with Crippen molar-refractivity contribution in [3.05, 3.63) is 0 Å². The monoisotopic (exact) mass is 208 g/mol. The van der Waals surface area contributed by atoms with Crippen LogP contribution < -0.4 is 0 Å². The first-order valence-corrected chi connectivity index (χ1v) is 6.32. The molecule has 2 nitrogen and oxygen atoms in total. The molecule has 0 saturated heterocycles. The average molecular weight is 208 g/mol. The van der Waals surface area contributed by atoms with Gasteiger partial charge in [-0.05, 0) is 55.3 Å². The molecule has 0 aromatic carbocycles. The predicted molar refractivity (Wildman–Crippen MR) is 57.1 cm³/mol. The third kappa shape index (κ3) is 1.41. The number of hydrogen-bond acceptors (Lipinski definition) is 2. The van der Waals surface area contributed by atoms with Crippen molar-refractivity contribution in [2.24, 2.45) is 29.6 Å². The number of hydrogen-bond donors (Lipinski definition) is 0. The molecule has 6 unspecified atom stereocenters. The number of fused-ring (bicyclic) bond motifs is 5. The molecule has 3 aliphatic rings. The van der Waals surface area contributed by atoms with Crippen molar-refractivity contribution in [3.63, 3.8) is 0 Å². The van der Waals surface area contributed by atoms with Gasteiger partial charge in [-0.15, -0.1) is 0 Å². The van der Waals surface area contributed by atoms with Crippen molar-refractivity contribution < 1.29 is 9.53 Å². The minimum Gasteiger partial charge on any atom is -0.463 e. The maximum atomic E-state index is 10.9. The van der Waals surface area contributed by atoms with Crippen molar-refractivity contribution in [2.75, 3.05) is 0 Å². The Morgan fingerprint density at radius 2 is 1.80 bits per heavy atom. The third-order valence-electron chi connectivity index (χ3n) is 5.09. The molecule has 2 bridgehead atoms. The van der Waals surface area contributed by atoms with E-state index >= 15 is 0 Å². The Hall–Kier alpha value is -0.530. The lowest BCUT2D eigenvalue weighted by atomic mass is 9.77. The van der Waals surface area contributed by atoms with E-state index in [1.807, 2.05) is 0 Å². The van der Waals surface area contributed by atoms with Crippen LogP contribution in [0, 0.1) is 29.6 Å². The Morgan fingerprint density at radius 3 is 2.53 bits per heavy atom. The van der Waals surface area contributed by atoms with Crippen LogP contribution >= 0.6 is 0 Å². The van der Waals surface area contributed by atoms with Gasteiger partial charge in [0.1, 0.15) is 6.10 Å². The second kappa shape index (κ2) is 3.23.